The van der Waals surface area contributed by atoms with E-state index in [1.165, 1.54) is 12.1 Å². The number of ether oxygens (including phenoxy) is 1. The third-order valence-corrected chi connectivity index (χ3v) is 7.12. The van der Waals surface area contributed by atoms with Crippen LogP contribution in [0, 0.1) is 13.8 Å². The Morgan fingerprint density at radius 1 is 0.914 bits per heavy atom. The maximum atomic E-state index is 13.0. The van der Waals surface area contributed by atoms with E-state index in [0.717, 1.165) is 21.9 Å². The normalized spacial score (nSPS) is 12.2. The van der Waals surface area contributed by atoms with Gasteiger partial charge in [-0.15, -0.1) is 0 Å². The lowest BCUT2D eigenvalue weighted by Gasteiger charge is -2.19. The van der Waals surface area contributed by atoms with Crippen LogP contribution in [0.5, 0.6) is 5.75 Å². The van der Waals surface area contributed by atoms with Crippen molar-refractivity contribution < 1.29 is 17.9 Å². The summed E-state index contributed by atoms with van der Waals surface area (Å²) in [6.07, 6.45) is -0.187. The van der Waals surface area contributed by atoms with E-state index >= 15 is 0 Å². The van der Waals surface area contributed by atoms with Crippen LogP contribution in [0.15, 0.2) is 89.8 Å². The molecule has 0 spiro atoms. The summed E-state index contributed by atoms with van der Waals surface area (Å²) in [5, 5.41) is 4.58. The van der Waals surface area contributed by atoms with E-state index in [1.807, 2.05) is 75.4 Å². The van der Waals surface area contributed by atoms with Crippen LogP contribution in [0.1, 0.15) is 24.5 Å². The van der Waals surface area contributed by atoms with Crippen molar-refractivity contribution in [2.24, 2.45) is 0 Å². The first-order chi connectivity index (χ1) is 16.8. The van der Waals surface area contributed by atoms with Gasteiger partial charge in [0.1, 0.15) is 5.75 Å². The number of carbonyl (C=O) groups excluding carboxylic acids is 1. The van der Waals surface area contributed by atoms with Gasteiger partial charge in [0, 0.05) is 11.1 Å². The maximum Gasteiger partial charge on any atom is 0.265 e. The molecule has 0 aliphatic carbocycles. The second kappa shape index (κ2) is 10.2. The Morgan fingerprint density at radius 3 is 2.37 bits per heavy atom. The van der Waals surface area contributed by atoms with Crippen LogP contribution < -0.4 is 14.8 Å². The molecule has 1 atom stereocenters. The van der Waals surface area contributed by atoms with Crippen LogP contribution in [0.3, 0.4) is 0 Å². The maximum absolute atomic E-state index is 13.0. The molecule has 0 unspecified atom stereocenters. The zero-order valence-electron chi connectivity index (χ0n) is 19.9. The van der Waals surface area contributed by atoms with Crippen molar-refractivity contribution in [3.05, 3.63) is 96.1 Å². The van der Waals surface area contributed by atoms with Crippen LogP contribution in [-0.4, -0.2) is 20.4 Å². The van der Waals surface area contributed by atoms with E-state index in [-0.39, 0.29) is 10.8 Å². The van der Waals surface area contributed by atoms with E-state index < -0.39 is 16.1 Å². The fourth-order valence-electron chi connectivity index (χ4n) is 3.77. The smallest absolute Gasteiger partial charge is 0.265 e. The first kappa shape index (κ1) is 24.3. The Hall–Kier alpha value is -3.84. The third kappa shape index (κ3) is 5.63. The highest BCUT2D eigenvalue weighted by atomic mass is 32.2. The number of hydrogen-bond acceptors (Lipinski definition) is 4. The Morgan fingerprint density at radius 2 is 1.63 bits per heavy atom. The summed E-state index contributed by atoms with van der Waals surface area (Å²) in [5.41, 5.74) is 3.00. The van der Waals surface area contributed by atoms with E-state index in [0.29, 0.717) is 23.5 Å². The van der Waals surface area contributed by atoms with Gasteiger partial charge in [0.15, 0.2) is 6.10 Å². The summed E-state index contributed by atoms with van der Waals surface area (Å²) in [5.74, 6) is 0.380. The van der Waals surface area contributed by atoms with Crippen LogP contribution in [0.2, 0.25) is 0 Å². The minimum Gasteiger partial charge on any atom is -0.480 e. The number of carbonyl (C=O) groups is 1. The highest BCUT2D eigenvalue weighted by Gasteiger charge is 2.20. The monoisotopic (exact) mass is 488 g/mol. The number of nitrogens with one attached hydrogen (secondary N) is 2. The van der Waals surface area contributed by atoms with Crippen LogP contribution in [0.25, 0.3) is 10.8 Å². The Labute approximate surface area is 206 Å². The Balaban J connectivity index is 1.46. The topological polar surface area (TPSA) is 84.5 Å². The summed E-state index contributed by atoms with van der Waals surface area (Å²) < 4.78 is 34.6. The number of fused-ring (bicyclic) bond motifs is 1. The van der Waals surface area contributed by atoms with Gasteiger partial charge >= 0.3 is 0 Å². The van der Waals surface area contributed by atoms with Gasteiger partial charge in [-0.25, -0.2) is 8.42 Å². The molecule has 4 aromatic carbocycles. The fraction of sp³-hybridized carbons (Fsp3) is 0.179. The van der Waals surface area contributed by atoms with E-state index in [2.05, 4.69) is 10.0 Å². The summed E-state index contributed by atoms with van der Waals surface area (Å²) in [4.78, 5) is 12.9. The van der Waals surface area contributed by atoms with Gasteiger partial charge in [-0.1, -0.05) is 55.5 Å². The number of sulfonamides is 1. The van der Waals surface area contributed by atoms with Crippen molar-refractivity contribution in [1.29, 1.82) is 0 Å². The largest absolute Gasteiger partial charge is 0.480 e. The lowest BCUT2D eigenvalue weighted by Crippen LogP contribution is -2.32. The van der Waals surface area contributed by atoms with Gasteiger partial charge in [-0.3, -0.25) is 9.52 Å². The second-order valence-corrected chi connectivity index (χ2v) is 10.1. The van der Waals surface area contributed by atoms with Gasteiger partial charge in [-0.05, 0) is 73.2 Å². The molecule has 0 aliphatic rings. The average Bonchev–Trinajstić information content (AvgIpc) is 2.85. The van der Waals surface area contributed by atoms with Crippen LogP contribution in [0.4, 0.5) is 11.4 Å². The van der Waals surface area contributed by atoms with Crippen molar-refractivity contribution in [2.45, 2.75) is 38.2 Å². The summed E-state index contributed by atoms with van der Waals surface area (Å²) in [6.45, 7) is 5.78. The number of aryl methyl sites for hydroxylation is 2. The lowest BCUT2D eigenvalue weighted by molar-refractivity contribution is -0.122. The quantitative estimate of drug-likeness (QED) is 0.316. The van der Waals surface area contributed by atoms with Gasteiger partial charge in [-0.2, -0.15) is 0 Å². The number of hydrogen-bond donors (Lipinski definition) is 2. The van der Waals surface area contributed by atoms with Crippen molar-refractivity contribution in [3.63, 3.8) is 0 Å². The SMILES string of the molecule is CC[C@H](Oc1cc(C)ccc1C)C(=O)Nc1ccc(S(=O)(=O)Nc2cccc3ccccc23)cc1. The third-order valence-electron chi connectivity index (χ3n) is 5.74. The van der Waals surface area contributed by atoms with Crippen molar-refractivity contribution in [2.75, 3.05) is 10.0 Å². The zero-order chi connectivity index (χ0) is 25.0. The summed E-state index contributed by atoms with van der Waals surface area (Å²) >= 11 is 0. The minimum atomic E-state index is -3.81. The molecular formula is C28H28N2O4S. The molecule has 0 fully saturated rings. The molecule has 0 aliphatic heterocycles. The van der Waals surface area contributed by atoms with Crippen molar-refractivity contribution >= 4 is 38.1 Å². The predicted molar refractivity (Wildman–Crippen MR) is 140 cm³/mol. The molecule has 0 aromatic heterocycles. The van der Waals surface area contributed by atoms with Gasteiger partial charge in [0.25, 0.3) is 15.9 Å². The van der Waals surface area contributed by atoms with Crippen LogP contribution >= 0.6 is 0 Å². The Bertz CT molecular complexity index is 1460. The van der Waals surface area contributed by atoms with Crippen LogP contribution in [-0.2, 0) is 14.8 Å². The number of benzene rings is 4. The fourth-order valence-corrected chi connectivity index (χ4v) is 4.85. The number of amides is 1. The average molecular weight is 489 g/mol. The first-order valence-electron chi connectivity index (χ1n) is 11.4. The Kier molecular flexibility index (Phi) is 7.07. The first-order valence-corrected chi connectivity index (χ1v) is 12.9. The second-order valence-electron chi connectivity index (χ2n) is 8.43. The number of rotatable bonds is 8. The van der Waals surface area contributed by atoms with Gasteiger partial charge in [0.05, 0.1) is 10.6 Å². The minimum absolute atomic E-state index is 0.0992. The molecule has 0 radical (unpaired) electrons. The molecule has 2 N–H and O–H groups in total. The van der Waals surface area contributed by atoms with E-state index in [1.54, 1.807) is 18.2 Å². The van der Waals surface area contributed by atoms with Gasteiger partial charge in [0.2, 0.25) is 0 Å². The lowest BCUT2D eigenvalue weighted by atomic mass is 10.1. The molecular weight excluding hydrogens is 460 g/mol. The molecule has 7 heteroatoms. The highest BCUT2D eigenvalue weighted by molar-refractivity contribution is 7.92. The molecule has 35 heavy (non-hydrogen) atoms. The molecule has 0 saturated carbocycles. The summed E-state index contributed by atoms with van der Waals surface area (Å²) in [7, 11) is -3.81. The molecule has 180 valence electrons. The predicted octanol–water partition coefficient (Wildman–Crippen LogP) is 6.05. The number of anilines is 2. The van der Waals surface area contributed by atoms with E-state index in [4.69, 9.17) is 4.74 Å². The molecule has 4 rings (SSSR count). The highest BCUT2D eigenvalue weighted by Crippen LogP contribution is 2.26. The van der Waals surface area contributed by atoms with E-state index in [9.17, 15) is 13.2 Å². The molecule has 0 saturated heterocycles. The van der Waals surface area contributed by atoms with Gasteiger partial charge < -0.3 is 10.1 Å². The molecule has 1 amide bonds. The molecule has 4 aromatic rings. The summed E-state index contributed by atoms with van der Waals surface area (Å²) in [6, 6.07) is 25.0. The molecule has 0 heterocycles. The molecule has 0 bridgehead atoms. The molecule has 6 nitrogen and oxygen atoms in total. The standard InChI is InChI=1S/C28H28N2O4S/c1-4-26(34-27-18-19(2)12-13-20(27)3)28(31)29-22-14-16-23(17-15-22)35(32,33)30-25-11-7-9-21-8-5-6-10-24(21)25/h5-18,26,30H,4H2,1-3H3,(H,29,31)/t26-/m0/s1. The van der Waals surface area contributed by atoms with Crippen molar-refractivity contribution in [3.8, 4) is 5.75 Å². The van der Waals surface area contributed by atoms with Crippen molar-refractivity contribution in [1.82, 2.24) is 0 Å². The zero-order valence-corrected chi connectivity index (χ0v) is 20.7.